The highest BCUT2D eigenvalue weighted by atomic mass is 19.1. The average molecular weight is 225 g/mol. The van der Waals surface area contributed by atoms with Crippen LogP contribution in [0.1, 0.15) is 0 Å². The molecule has 0 aliphatic heterocycles. The molecule has 0 aromatic heterocycles. The summed E-state index contributed by atoms with van der Waals surface area (Å²) < 4.78 is 12.8. The molecule has 3 N–H and O–H groups in total. The van der Waals surface area contributed by atoms with Crippen molar-refractivity contribution in [3.63, 3.8) is 0 Å². The summed E-state index contributed by atoms with van der Waals surface area (Å²) in [5.74, 6) is -0.547. The fraction of sp³-hybridized carbons (Fsp3) is 0.364. The van der Waals surface area contributed by atoms with Crippen molar-refractivity contribution in [2.45, 2.75) is 0 Å². The quantitative estimate of drug-likeness (QED) is 0.773. The number of rotatable bonds is 5. The molecule has 0 unspecified atom stereocenters. The lowest BCUT2D eigenvalue weighted by Crippen LogP contribution is -2.33. The summed E-state index contributed by atoms with van der Waals surface area (Å²) in [6, 6.07) is 5.80. The predicted molar refractivity (Wildman–Crippen MR) is 61.6 cm³/mol. The molecular formula is C11H16FN3O. The molecule has 0 heterocycles. The summed E-state index contributed by atoms with van der Waals surface area (Å²) >= 11 is 0. The van der Waals surface area contributed by atoms with E-state index in [2.05, 4.69) is 5.32 Å². The minimum Gasteiger partial charge on any atom is -0.329 e. The molecule has 0 aliphatic rings. The van der Waals surface area contributed by atoms with E-state index in [9.17, 15) is 9.18 Å². The zero-order valence-electron chi connectivity index (χ0n) is 9.24. The topological polar surface area (TPSA) is 58.4 Å². The van der Waals surface area contributed by atoms with Crippen molar-refractivity contribution in [1.29, 1.82) is 0 Å². The van der Waals surface area contributed by atoms with Crippen molar-refractivity contribution < 1.29 is 9.18 Å². The molecule has 4 nitrogen and oxygen atoms in total. The molecule has 0 saturated carbocycles. The fourth-order valence-corrected chi connectivity index (χ4v) is 1.31. The van der Waals surface area contributed by atoms with Crippen LogP contribution in [-0.2, 0) is 4.79 Å². The molecule has 0 saturated heterocycles. The van der Waals surface area contributed by atoms with Crippen molar-refractivity contribution in [3.05, 3.63) is 30.1 Å². The smallest absolute Gasteiger partial charge is 0.238 e. The number of nitrogens with one attached hydrogen (secondary N) is 1. The predicted octanol–water partition coefficient (Wildman–Crippen LogP) is 0.655. The first-order valence-corrected chi connectivity index (χ1v) is 5.06. The zero-order valence-corrected chi connectivity index (χ0v) is 9.24. The van der Waals surface area contributed by atoms with Gasteiger partial charge in [-0.3, -0.25) is 9.69 Å². The van der Waals surface area contributed by atoms with Gasteiger partial charge in [0.25, 0.3) is 0 Å². The van der Waals surface area contributed by atoms with Gasteiger partial charge in [-0.05, 0) is 25.2 Å². The summed E-state index contributed by atoms with van der Waals surface area (Å²) in [5, 5.41) is 2.61. The Morgan fingerprint density at radius 1 is 1.56 bits per heavy atom. The largest absolute Gasteiger partial charge is 0.329 e. The average Bonchev–Trinajstić information content (AvgIpc) is 2.17. The number of hydrogen-bond acceptors (Lipinski definition) is 3. The van der Waals surface area contributed by atoms with Crippen LogP contribution in [-0.4, -0.2) is 37.5 Å². The van der Waals surface area contributed by atoms with Crippen LogP contribution in [0.4, 0.5) is 10.1 Å². The normalized spacial score (nSPS) is 10.5. The van der Waals surface area contributed by atoms with Crippen LogP contribution in [0.3, 0.4) is 0 Å². The number of halogens is 1. The van der Waals surface area contributed by atoms with E-state index in [1.807, 2.05) is 0 Å². The van der Waals surface area contributed by atoms with Crippen LogP contribution < -0.4 is 11.1 Å². The van der Waals surface area contributed by atoms with Gasteiger partial charge in [-0.25, -0.2) is 4.39 Å². The fourth-order valence-electron chi connectivity index (χ4n) is 1.31. The maximum atomic E-state index is 12.8. The molecule has 1 amide bonds. The van der Waals surface area contributed by atoms with Gasteiger partial charge in [0.05, 0.1) is 6.54 Å². The summed E-state index contributed by atoms with van der Waals surface area (Å²) in [7, 11) is 1.80. The summed E-state index contributed by atoms with van der Waals surface area (Å²) in [6.07, 6.45) is 0. The maximum absolute atomic E-state index is 12.8. The van der Waals surface area contributed by atoms with Gasteiger partial charge in [-0.2, -0.15) is 0 Å². The molecule has 88 valence electrons. The van der Waals surface area contributed by atoms with Gasteiger partial charge < -0.3 is 11.1 Å². The lowest BCUT2D eigenvalue weighted by atomic mass is 10.3. The number of nitrogens with two attached hydrogens (primary N) is 1. The Hall–Kier alpha value is -1.46. The molecular weight excluding hydrogens is 209 g/mol. The Morgan fingerprint density at radius 3 is 2.94 bits per heavy atom. The number of nitrogens with zero attached hydrogens (tertiary/aromatic N) is 1. The van der Waals surface area contributed by atoms with E-state index in [1.54, 1.807) is 24.1 Å². The first-order valence-electron chi connectivity index (χ1n) is 5.06. The van der Waals surface area contributed by atoms with Crippen molar-refractivity contribution in [3.8, 4) is 0 Å². The van der Waals surface area contributed by atoms with Crippen molar-refractivity contribution in [2.75, 3.05) is 32.0 Å². The van der Waals surface area contributed by atoms with Gasteiger partial charge in [0, 0.05) is 18.8 Å². The third-order valence-electron chi connectivity index (χ3n) is 2.03. The van der Waals surface area contributed by atoms with Crippen LogP contribution in [0.25, 0.3) is 0 Å². The highest BCUT2D eigenvalue weighted by molar-refractivity contribution is 5.92. The van der Waals surface area contributed by atoms with Crippen LogP contribution in [0, 0.1) is 5.82 Å². The van der Waals surface area contributed by atoms with Crippen molar-refractivity contribution in [1.82, 2.24) is 4.90 Å². The van der Waals surface area contributed by atoms with Gasteiger partial charge in [-0.1, -0.05) is 6.07 Å². The Balaban J connectivity index is 2.45. The Kier molecular flexibility index (Phi) is 4.88. The maximum Gasteiger partial charge on any atom is 0.238 e. The van der Waals surface area contributed by atoms with E-state index >= 15 is 0 Å². The molecule has 0 atom stereocenters. The second-order valence-corrected chi connectivity index (χ2v) is 3.58. The molecule has 0 radical (unpaired) electrons. The number of likely N-dealkylation sites (N-methyl/N-ethyl adjacent to an activating group) is 1. The van der Waals surface area contributed by atoms with Gasteiger partial charge in [0.2, 0.25) is 5.91 Å². The monoisotopic (exact) mass is 225 g/mol. The highest BCUT2D eigenvalue weighted by Crippen LogP contribution is 2.08. The summed E-state index contributed by atoms with van der Waals surface area (Å²) in [6.45, 7) is 1.40. The standard InChI is InChI=1S/C11H16FN3O/c1-15(6-5-13)8-11(16)14-10-4-2-3-9(12)7-10/h2-4,7H,5-6,8,13H2,1H3,(H,14,16). The van der Waals surface area contributed by atoms with E-state index in [-0.39, 0.29) is 18.3 Å². The summed E-state index contributed by atoms with van der Waals surface area (Å²) in [5.41, 5.74) is 5.82. The number of anilines is 1. The van der Waals surface area contributed by atoms with E-state index in [1.165, 1.54) is 12.1 Å². The minimum atomic E-state index is -0.367. The minimum absolute atomic E-state index is 0.179. The first kappa shape index (κ1) is 12.6. The second-order valence-electron chi connectivity index (χ2n) is 3.58. The molecule has 0 bridgehead atoms. The molecule has 5 heteroatoms. The molecule has 0 fully saturated rings. The number of carbonyl (C=O) groups excluding carboxylic acids is 1. The van der Waals surface area contributed by atoms with E-state index < -0.39 is 0 Å². The van der Waals surface area contributed by atoms with Gasteiger partial charge >= 0.3 is 0 Å². The molecule has 0 spiro atoms. The third-order valence-corrected chi connectivity index (χ3v) is 2.03. The second kappa shape index (κ2) is 6.19. The van der Waals surface area contributed by atoms with Crippen molar-refractivity contribution in [2.24, 2.45) is 5.73 Å². The Morgan fingerprint density at radius 2 is 2.31 bits per heavy atom. The van der Waals surface area contributed by atoms with Gasteiger partial charge in [0.1, 0.15) is 5.82 Å². The van der Waals surface area contributed by atoms with E-state index in [0.29, 0.717) is 18.8 Å². The summed E-state index contributed by atoms with van der Waals surface area (Å²) in [4.78, 5) is 13.3. The Bertz CT molecular complexity index is 357. The Labute approximate surface area is 94.2 Å². The van der Waals surface area contributed by atoms with E-state index in [4.69, 9.17) is 5.73 Å². The molecule has 1 aromatic rings. The van der Waals surface area contributed by atoms with Crippen LogP contribution in [0.5, 0.6) is 0 Å². The van der Waals surface area contributed by atoms with Gasteiger partial charge in [0.15, 0.2) is 0 Å². The molecule has 16 heavy (non-hydrogen) atoms. The number of hydrogen-bond donors (Lipinski definition) is 2. The lowest BCUT2D eigenvalue weighted by Gasteiger charge is -2.14. The highest BCUT2D eigenvalue weighted by Gasteiger charge is 2.06. The van der Waals surface area contributed by atoms with Gasteiger partial charge in [-0.15, -0.1) is 0 Å². The number of amides is 1. The number of carbonyl (C=O) groups is 1. The molecule has 0 aliphatic carbocycles. The zero-order chi connectivity index (χ0) is 12.0. The SMILES string of the molecule is CN(CCN)CC(=O)Nc1cccc(F)c1. The number of benzene rings is 1. The van der Waals surface area contributed by atoms with Crippen LogP contribution in [0.2, 0.25) is 0 Å². The molecule has 1 rings (SSSR count). The van der Waals surface area contributed by atoms with E-state index in [0.717, 1.165) is 0 Å². The first-order chi connectivity index (χ1) is 7.61. The van der Waals surface area contributed by atoms with Crippen LogP contribution in [0.15, 0.2) is 24.3 Å². The molecule has 1 aromatic carbocycles. The van der Waals surface area contributed by atoms with Crippen LogP contribution >= 0.6 is 0 Å². The third kappa shape index (κ3) is 4.37. The van der Waals surface area contributed by atoms with Crippen molar-refractivity contribution >= 4 is 11.6 Å². The lowest BCUT2D eigenvalue weighted by molar-refractivity contribution is -0.117.